The van der Waals surface area contributed by atoms with Crippen molar-refractivity contribution in [3.8, 4) is 0 Å². The monoisotopic (exact) mass is 386 g/mol. The minimum Gasteiger partial charge on any atom is -0.391 e. The van der Waals surface area contributed by atoms with Gasteiger partial charge in [-0.1, -0.05) is 11.4 Å². The normalized spacial score (nSPS) is 16.7. The Kier molecular flexibility index (Phi) is 6.78. The second kappa shape index (κ2) is 8.19. The van der Waals surface area contributed by atoms with E-state index in [-0.39, 0.29) is 11.3 Å². The molecule has 2 rings (SSSR count). The second-order valence-corrected chi connectivity index (χ2v) is 8.02. The van der Waals surface area contributed by atoms with E-state index in [1.165, 1.54) is 0 Å². The van der Waals surface area contributed by atoms with Crippen molar-refractivity contribution >= 4 is 32.4 Å². The summed E-state index contributed by atoms with van der Waals surface area (Å²) in [6.07, 6.45) is 2.52. The first-order valence-electron chi connectivity index (χ1n) is 7.18. The molecule has 0 radical (unpaired) electrons. The van der Waals surface area contributed by atoms with Crippen LogP contribution in [0.3, 0.4) is 0 Å². The summed E-state index contributed by atoms with van der Waals surface area (Å²) in [7, 11) is -4.12. The van der Waals surface area contributed by atoms with Crippen LogP contribution in [0.15, 0.2) is 9.21 Å². The lowest BCUT2D eigenvalue weighted by Gasteiger charge is -2.13. The van der Waals surface area contributed by atoms with Crippen molar-refractivity contribution in [2.75, 3.05) is 13.2 Å². The lowest BCUT2D eigenvalue weighted by Crippen LogP contribution is -2.15. The molecule has 0 bridgehead atoms. The molecular weight excluding hydrogens is 367 g/mol. The van der Waals surface area contributed by atoms with E-state index in [1.807, 2.05) is 6.92 Å². The van der Waals surface area contributed by atoms with Gasteiger partial charge in [0.05, 0.1) is 13.2 Å². The van der Waals surface area contributed by atoms with Crippen molar-refractivity contribution < 1.29 is 25.3 Å². The van der Waals surface area contributed by atoms with E-state index < -0.39 is 13.5 Å². The summed E-state index contributed by atoms with van der Waals surface area (Å²) in [5, 5.41) is 4.03. The zero-order valence-corrected chi connectivity index (χ0v) is 15.6. The van der Waals surface area contributed by atoms with Gasteiger partial charge in [0.25, 0.3) is 0 Å². The van der Waals surface area contributed by atoms with Crippen molar-refractivity contribution in [3.63, 3.8) is 0 Å². The Labute approximate surface area is 142 Å². The first-order valence-corrected chi connectivity index (χ1v) is 10.0. The average molecular weight is 386 g/mol. The lowest BCUT2D eigenvalue weighted by molar-refractivity contribution is 0.326. The van der Waals surface area contributed by atoms with Crippen molar-refractivity contribution in [2.24, 2.45) is 0 Å². The average Bonchev–Trinajstić information content (AvgIpc) is 3.24. The predicted octanol–water partition coefficient (Wildman–Crippen LogP) is 3.47. The van der Waals surface area contributed by atoms with Crippen molar-refractivity contribution in [2.45, 2.75) is 45.4 Å². The lowest BCUT2D eigenvalue weighted by atomic mass is 10.0. The van der Waals surface area contributed by atoms with Crippen LogP contribution in [0.1, 0.15) is 45.9 Å². The quantitative estimate of drug-likeness (QED) is 0.319. The number of aromatic nitrogens is 2. The van der Waals surface area contributed by atoms with Gasteiger partial charge in [-0.2, -0.15) is 7.94 Å². The molecule has 1 saturated carbocycles. The fourth-order valence-corrected chi connectivity index (χ4v) is 4.21. The maximum atomic E-state index is 12.8. The Bertz CT molecular complexity index is 602. The van der Waals surface area contributed by atoms with Crippen molar-refractivity contribution in [3.05, 3.63) is 16.4 Å². The van der Waals surface area contributed by atoms with Gasteiger partial charge >= 0.3 is 13.5 Å². The fourth-order valence-electron chi connectivity index (χ4n) is 1.80. The van der Waals surface area contributed by atoms with Crippen LogP contribution in [0, 0.1) is 0 Å². The molecule has 9 nitrogen and oxygen atoms in total. The molecular formula is C11H19N2O7PS2. The molecule has 132 valence electrons. The van der Waals surface area contributed by atoms with Crippen LogP contribution in [0.2, 0.25) is 0 Å². The van der Waals surface area contributed by atoms with Gasteiger partial charge in [-0.05, 0) is 33.1 Å². The highest BCUT2D eigenvalue weighted by Gasteiger charge is 2.49. The van der Waals surface area contributed by atoms with E-state index in [2.05, 4.69) is 5.10 Å². The molecule has 1 aliphatic rings. The summed E-state index contributed by atoms with van der Waals surface area (Å²) < 4.78 is 38.5. The van der Waals surface area contributed by atoms with Crippen LogP contribution in [-0.4, -0.2) is 22.8 Å². The molecule has 0 N–H and O–H groups in total. The van der Waals surface area contributed by atoms with E-state index in [9.17, 15) is 9.36 Å². The summed E-state index contributed by atoms with van der Waals surface area (Å²) in [4.78, 5) is 12.0. The standard InChI is InChI=1S/C11H19N2O7PS2/c1-4-11(7-8-11)9-12-13(10(14)18-9)21(15,19-22-16-5-2)20-23-17-6-3/h4-8H2,1-3H3. The Morgan fingerprint density at radius 2 is 1.78 bits per heavy atom. The first-order chi connectivity index (χ1) is 11.0. The molecule has 1 aromatic rings. The van der Waals surface area contributed by atoms with E-state index >= 15 is 0 Å². The Morgan fingerprint density at radius 1 is 1.22 bits per heavy atom. The molecule has 12 heteroatoms. The smallest absolute Gasteiger partial charge is 0.391 e. The van der Waals surface area contributed by atoms with Gasteiger partial charge < -0.3 is 4.42 Å². The molecule has 1 aliphatic carbocycles. The third-order valence-corrected chi connectivity index (χ3v) is 6.70. The number of nitrogens with zero attached hydrogens (tertiary/aromatic N) is 2. The fraction of sp³-hybridized carbons (Fsp3) is 0.818. The molecule has 1 heterocycles. The van der Waals surface area contributed by atoms with Gasteiger partial charge in [0.15, 0.2) is 24.6 Å². The highest BCUT2D eigenvalue weighted by molar-refractivity contribution is 7.97. The second-order valence-electron chi connectivity index (χ2n) is 4.76. The highest BCUT2D eigenvalue weighted by atomic mass is 32.2. The molecule has 23 heavy (non-hydrogen) atoms. The molecule has 0 saturated heterocycles. The maximum Gasteiger partial charge on any atom is 0.487 e. The molecule has 1 fully saturated rings. The minimum atomic E-state index is -4.12. The van der Waals surface area contributed by atoms with Gasteiger partial charge in [-0.25, -0.2) is 9.36 Å². The van der Waals surface area contributed by atoms with Crippen LogP contribution < -0.4 is 5.76 Å². The number of hydrogen-bond acceptors (Lipinski definition) is 10. The molecule has 0 unspecified atom stereocenters. The van der Waals surface area contributed by atoms with Crippen molar-refractivity contribution in [1.29, 1.82) is 0 Å². The van der Waals surface area contributed by atoms with E-state index in [1.54, 1.807) is 13.8 Å². The van der Waals surface area contributed by atoms with Crippen LogP contribution in [0.4, 0.5) is 0 Å². The van der Waals surface area contributed by atoms with Gasteiger partial charge in [0.2, 0.25) is 5.89 Å². The zero-order valence-electron chi connectivity index (χ0n) is 13.1. The molecule has 0 aromatic carbocycles. The van der Waals surface area contributed by atoms with Crippen LogP contribution in [0.5, 0.6) is 0 Å². The van der Waals surface area contributed by atoms with Crippen LogP contribution in [-0.2, 0) is 26.3 Å². The summed E-state index contributed by atoms with van der Waals surface area (Å²) >= 11 is 0.923. The molecule has 0 atom stereocenters. The van der Waals surface area contributed by atoms with Crippen molar-refractivity contribution in [1.82, 2.24) is 9.55 Å². The summed E-state index contributed by atoms with van der Waals surface area (Å²) in [6, 6.07) is 0. The summed E-state index contributed by atoms with van der Waals surface area (Å²) in [6.45, 7) is 6.09. The molecule has 1 aromatic heterocycles. The number of rotatable bonds is 11. The molecule has 0 aliphatic heterocycles. The van der Waals surface area contributed by atoms with Gasteiger partial charge in [0.1, 0.15) is 0 Å². The molecule has 0 amide bonds. The number of hydrogen-bond donors (Lipinski definition) is 0. The third kappa shape index (κ3) is 4.41. The Hall–Kier alpha value is -0.290. The summed E-state index contributed by atoms with van der Waals surface area (Å²) in [5.41, 5.74) is -0.255. The maximum absolute atomic E-state index is 12.8. The summed E-state index contributed by atoms with van der Waals surface area (Å²) in [5.74, 6) is -0.655. The molecule has 0 spiro atoms. The van der Waals surface area contributed by atoms with Gasteiger partial charge in [0, 0.05) is 5.41 Å². The van der Waals surface area contributed by atoms with Crippen LogP contribution >= 0.6 is 32.4 Å². The minimum absolute atomic E-state index is 0.250. The topological polar surface area (TPSA) is 102 Å². The van der Waals surface area contributed by atoms with E-state index in [0.29, 0.717) is 42.3 Å². The van der Waals surface area contributed by atoms with E-state index in [0.717, 1.165) is 19.3 Å². The zero-order chi connectivity index (χ0) is 16.9. The third-order valence-electron chi connectivity index (χ3n) is 3.33. The largest absolute Gasteiger partial charge is 0.487 e. The van der Waals surface area contributed by atoms with E-state index in [4.69, 9.17) is 20.7 Å². The predicted molar refractivity (Wildman–Crippen MR) is 85.6 cm³/mol. The Balaban J connectivity index is 2.23. The first kappa shape index (κ1) is 19.0. The Morgan fingerprint density at radius 3 is 2.22 bits per heavy atom. The van der Waals surface area contributed by atoms with Crippen LogP contribution in [0.25, 0.3) is 0 Å². The SMILES string of the molecule is CCOSOP(=O)(OSOCC)n1nc(C2(CC)CC2)oc1=O. The van der Waals surface area contributed by atoms with Gasteiger partial charge in [-0.3, -0.25) is 8.37 Å². The highest BCUT2D eigenvalue weighted by Crippen LogP contribution is 2.56. The van der Waals surface area contributed by atoms with Gasteiger partial charge in [-0.15, -0.1) is 5.10 Å².